The number of benzene rings is 6. The summed E-state index contributed by atoms with van der Waals surface area (Å²) in [5.74, 6) is 0. The molecule has 0 spiro atoms. The average molecular weight is 589 g/mol. The second-order valence-electron chi connectivity index (χ2n) is 12.3. The smallest absolute Gasteiger partial charge is 0.0541 e. The molecule has 0 unspecified atom stereocenters. The predicted octanol–water partition coefficient (Wildman–Crippen LogP) is 11.8. The first-order valence-corrected chi connectivity index (χ1v) is 15.9. The molecule has 0 aliphatic heterocycles. The van der Waals surface area contributed by atoms with Gasteiger partial charge in [-0.2, -0.15) is 0 Å². The molecule has 9 rings (SSSR count). The van der Waals surface area contributed by atoms with Crippen molar-refractivity contribution in [1.29, 1.82) is 0 Å². The van der Waals surface area contributed by atoms with Crippen molar-refractivity contribution < 1.29 is 0 Å². The topological polar surface area (TPSA) is 9.86 Å². The molecule has 8 aromatic rings. The van der Waals surface area contributed by atoms with Gasteiger partial charge >= 0.3 is 0 Å². The molecule has 0 radical (unpaired) electrons. The zero-order valence-corrected chi connectivity index (χ0v) is 25.7. The molecule has 0 saturated heterocycles. The van der Waals surface area contributed by atoms with Crippen LogP contribution in [0.5, 0.6) is 0 Å². The molecule has 2 aromatic heterocycles. The zero-order valence-electron chi connectivity index (χ0n) is 25.7. The quantitative estimate of drug-likeness (QED) is 0.194. The van der Waals surface area contributed by atoms with E-state index in [0.717, 1.165) is 12.1 Å². The fourth-order valence-electron chi connectivity index (χ4n) is 7.53. The highest BCUT2D eigenvalue weighted by molar-refractivity contribution is 6.09. The van der Waals surface area contributed by atoms with Crippen molar-refractivity contribution in [2.45, 2.75) is 13.3 Å². The Kier molecular flexibility index (Phi) is 5.97. The van der Waals surface area contributed by atoms with Crippen LogP contribution in [0.15, 0.2) is 152 Å². The van der Waals surface area contributed by atoms with Crippen LogP contribution in [-0.2, 0) is 0 Å². The Balaban J connectivity index is 1.16. The number of hydrogen-bond donors (Lipinski definition) is 0. The molecule has 218 valence electrons. The van der Waals surface area contributed by atoms with E-state index in [0.29, 0.717) is 0 Å². The van der Waals surface area contributed by atoms with E-state index in [2.05, 4.69) is 174 Å². The lowest BCUT2D eigenvalue weighted by Crippen LogP contribution is -2.00. The van der Waals surface area contributed by atoms with Crippen LogP contribution in [0.25, 0.3) is 78.0 Å². The molecule has 0 bridgehead atoms. The summed E-state index contributed by atoms with van der Waals surface area (Å²) in [7, 11) is 0. The number of aryl methyl sites for hydroxylation is 1. The number of fused-ring (bicyclic) bond motifs is 6. The molecule has 0 fully saturated rings. The highest BCUT2D eigenvalue weighted by atomic mass is 15.0. The Morgan fingerprint density at radius 2 is 1.17 bits per heavy atom. The largest absolute Gasteiger partial charge is 0.309 e. The van der Waals surface area contributed by atoms with Crippen LogP contribution in [0.1, 0.15) is 23.2 Å². The van der Waals surface area contributed by atoms with E-state index in [1.165, 1.54) is 83.0 Å². The van der Waals surface area contributed by atoms with E-state index in [1.807, 2.05) is 0 Å². The molecule has 0 atom stereocenters. The molecule has 1 aliphatic rings. The molecule has 1 aliphatic carbocycles. The van der Waals surface area contributed by atoms with Gasteiger partial charge in [0.15, 0.2) is 0 Å². The van der Waals surface area contributed by atoms with Crippen molar-refractivity contribution in [2.24, 2.45) is 0 Å². The van der Waals surface area contributed by atoms with Gasteiger partial charge in [-0.25, -0.2) is 0 Å². The van der Waals surface area contributed by atoms with Crippen molar-refractivity contribution in [3.05, 3.63) is 169 Å². The van der Waals surface area contributed by atoms with Crippen molar-refractivity contribution in [3.63, 3.8) is 0 Å². The highest BCUT2D eigenvalue weighted by Crippen LogP contribution is 2.40. The molecular weight excluding hydrogens is 556 g/mol. The molecule has 2 heterocycles. The van der Waals surface area contributed by atoms with Crippen molar-refractivity contribution in [1.82, 2.24) is 9.13 Å². The fraction of sp³-hybridized carbons (Fsp3) is 0.0455. The van der Waals surface area contributed by atoms with Gasteiger partial charge in [-0.1, -0.05) is 116 Å². The van der Waals surface area contributed by atoms with Crippen LogP contribution >= 0.6 is 0 Å². The van der Waals surface area contributed by atoms with Gasteiger partial charge in [0.25, 0.3) is 0 Å². The normalized spacial score (nSPS) is 12.8. The molecule has 2 heteroatoms. The van der Waals surface area contributed by atoms with E-state index in [4.69, 9.17) is 0 Å². The van der Waals surface area contributed by atoms with Crippen LogP contribution in [0.3, 0.4) is 0 Å². The number of rotatable bonds is 4. The minimum absolute atomic E-state index is 0.895. The summed E-state index contributed by atoms with van der Waals surface area (Å²) in [6, 6.07) is 50.7. The summed E-state index contributed by atoms with van der Waals surface area (Å²) in [5.41, 5.74) is 15.8. The van der Waals surface area contributed by atoms with Gasteiger partial charge in [0.2, 0.25) is 0 Å². The Labute approximate surface area is 268 Å². The van der Waals surface area contributed by atoms with Gasteiger partial charge in [0.05, 0.1) is 27.9 Å². The number of nitrogens with zero attached hydrogens (tertiary/aromatic N) is 2. The lowest BCUT2D eigenvalue weighted by atomic mass is 9.94. The van der Waals surface area contributed by atoms with E-state index < -0.39 is 0 Å². The van der Waals surface area contributed by atoms with Gasteiger partial charge in [-0.15, -0.1) is 0 Å². The van der Waals surface area contributed by atoms with Gasteiger partial charge in [-0.05, 0) is 83.6 Å². The Morgan fingerprint density at radius 1 is 0.543 bits per heavy atom. The standard InChI is InChI=1S/C44H32N2/c1-29-13-11-24-43-44(29)38-19-6-10-23-42(38)45(43)33-15-12-14-31(28-33)32-25-26-34(30(2)27-32)35-16-3-7-20-39(35)46-40-21-8-4-17-36(40)37-18-5-9-22-41(37)46/h3-12,14-28H,1,13H2,2H3. The Hall–Kier alpha value is -5.86. The maximum Gasteiger partial charge on any atom is 0.0541 e. The first-order valence-electron chi connectivity index (χ1n) is 15.9. The van der Waals surface area contributed by atoms with Gasteiger partial charge in [0, 0.05) is 33.0 Å². The minimum Gasteiger partial charge on any atom is -0.309 e. The van der Waals surface area contributed by atoms with E-state index in [-0.39, 0.29) is 0 Å². The summed E-state index contributed by atoms with van der Waals surface area (Å²) >= 11 is 0. The number of para-hydroxylation sites is 4. The maximum atomic E-state index is 4.41. The summed E-state index contributed by atoms with van der Waals surface area (Å²) < 4.78 is 4.81. The van der Waals surface area contributed by atoms with E-state index in [9.17, 15) is 0 Å². The molecule has 2 nitrogen and oxygen atoms in total. The average Bonchev–Trinajstić information content (AvgIpc) is 3.62. The van der Waals surface area contributed by atoms with Gasteiger partial charge in [0.1, 0.15) is 0 Å². The van der Waals surface area contributed by atoms with Crippen molar-refractivity contribution in [3.8, 4) is 33.6 Å². The molecule has 0 saturated carbocycles. The fourth-order valence-corrected chi connectivity index (χ4v) is 7.53. The predicted molar refractivity (Wildman–Crippen MR) is 196 cm³/mol. The number of allylic oxidation sites excluding steroid dienone is 2. The van der Waals surface area contributed by atoms with Crippen LogP contribution in [0.4, 0.5) is 0 Å². The van der Waals surface area contributed by atoms with Gasteiger partial charge in [-0.3, -0.25) is 0 Å². The minimum atomic E-state index is 0.895. The third-order valence-electron chi connectivity index (χ3n) is 9.58. The lowest BCUT2D eigenvalue weighted by molar-refractivity contribution is 1.10. The highest BCUT2D eigenvalue weighted by Gasteiger charge is 2.21. The molecule has 0 amide bonds. The van der Waals surface area contributed by atoms with Gasteiger partial charge < -0.3 is 9.13 Å². The monoisotopic (exact) mass is 588 g/mol. The summed E-state index contributed by atoms with van der Waals surface area (Å²) in [4.78, 5) is 0. The number of aromatic nitrogens is 2. The Morgan fingerprint density at radius 3 is 1.91 bits per heavy atom. The molecule has 46 heavy (non-hydrogen) atoms. The van der Waals surface area contributed by atoms with Crippen molar-refractivity contribution in [2.75, 3.05) is 0 Å². The van der Waals surface area contributed by atoms with Crippen LogP contribution in [0, 0.1) is 6.92 Å². The van der Waals surface area contributed by atoms with E-state index in [1.54, 1.807) is 0 Å². The van der Waals surface area contributed by atoms with Crippen LogP contribution in [0.2, 0.25) is 0 Å². The van der Waals surface area contributed by atoms with Crippen molar-refractivity contribution >= 4 is 44.4 Å². The Bertz CT molecular complexity index is 2480. The summed E-state index contributed by atoms with van der Waals surface area (Å²) in [6.45, 7) is 6.64. The molecule has 0 N–H and O–H groups in total. The first kappa shape index (κ1) is 26.5. The SMILES string of the molecule is C=C1CC=Cc2c1c1ccccc1n2-c1cccc(-c2ccc(-c3ccccc3-n3c4ccccc4c4ccccc43)c(C)c2)c1. The molecule has 6 aromatic carbocycles. The third kappa shape index (κ3) is 3.97. The number of hydrogen-bond acceptors (Lipinski definition) is 0. The van der Waals surface area contributed by atoms with Crippen LogP contribution in [-0.4, -0.2) is 9.13 Å². The molecular formula is C44H32N2. The first-order chi connectivity index (χ1) is 22.7. The van der Waals surface area contributed by atoms with E-state index >= 15 is 0 Å². The zero-order chi connectivity index (χ0) is 30.8. The second kappa shape index (κ2) is 10.4. The van der Waals surface area contributed by atoms with Crippen LogP contribution < -0.4 is 0 Å². The third-order valence-corrected chi connectivity index (χ3v) is 9.58. The summed E-state index contributed by atoms with van der Waals surface area (Å²) in [5, 5.41) is 3.81. The summed E-state index contributed by atoms with van der Waals surface area (Å²) in [6.07, 6.45) is 5.37. The lowest BCUT2D eigenvalue weighted by Gasteiger charge is -2.17. The second-order valence-corrected chi connectivity index (χ2v) is 12.3. The maximum absolute atomic E-state index is 4.41.